The maximum Gasteiger partial charge on any atom is 0.292 e. The number of nitrogens with one attached hydrogen (secondary N) is 1. The van der Waals surface area contributed by atoms with Crippen LogP contribution in [-0.4, -0.2) is 30.1 Å². The van der Waals surface area contributed by atoms with Crippen LogP contribution in [0, 0.1) is 10.1 Å². The number of carbonyl (C=O) groups excluding carboxylic acids is 1. The Kier molecular flexibility index (Phi) is 3.96. The number of ether oxygens (including phenoxy) is 1. The second kappa shape index (κ2) is 5.66. The lowest BCUT2D eigenvalue weighted by molar-refractivity contribution is -0.383. The van der Waals surface area contributed by atoms with Crippen LogP contribution in [0.3, 0.4) is 0 Å². The Morgan fingerprint density at radius 1 is 1.58 bits per heavy atom. The number of hydrogen-bond donors (Lipinski definition) is 2. The largest absolute Gasteiger partial charge is 0.393 e. The molecule has 1 fully saturated rings. The number of nitrogen functional groups attached to an aromatic ring is 1. The summed E-state index contributed by atoms with van der Waals surface area (Å²) >= 11 is 0. The van der Waals surface area contributed by atoms with Crippen molar-refractivity contribution in [3.63, 3.8) is 0 Å². The van der Waals surface area contributed by atoms with Gasteiger partial charge in [-0.2, -0.15) is 0 Å². The first-order valence-corrected chi connectivity index (χ1v) is 6.01. The zero-order chi connectivity index (χ0) is 13.8. The number of nitrogens with zero attached hydrogens (tertiary/aromatic N) is 1. The summed E-state index contributed by atoms with van der Waals surface area (Å²) in [6.45, 7) is 1.13. The standard InChI is InChI=1S/C12H15N3O4/c13-10-4-3-8(6-11(10)15(17)18)12(16)14-7-9-2-1-5-19-9/h3-4,6,9H,1-2,5,7,13H2,(H,14,16)/t9-/m0/s1. The van der Waals surface area contributed by atoms with Gasteiger partial charge in [0.25, 0.3) is 11.6 Å². The molecule has 1 aliphatic heterocycles. The van der Waals surface area contributed by atoms with Gasteiger partial charge in [0.2, 0.25) is 0 Å². The molecular formula is C12H15N3O4. The van der Waals surface area contributed by atoms with Crippen LogP contribution >= 0.6 is 0 Å². The van der Waals surface area contributed by atoms with Crippen molar-refractivity contribution in [2.75, 3.05) is 18.9 Å². The highest BCUT2D eigenvalue weighted by Crippen LogP contribution is 2.22. The van der Waals surface area contributed by atoms with Gasteiger partial charge in [-0.05, 0) is 25.0 Å². The van der Waals surface area contributed by atoms with Gasteiger partial charge >= 0.3 is 0 Å². The lowest BCUT2D eigenvalue weighted by atomic mass is 10.1. The number of anilines is 1. The molecule has 1 heterocycles. The van der Waals surface area contributed by atoms with Crippen molar-refractivity contribution in [1.29, 1.82) is 0 Å². The lowest BCUT2D eigenvalue weighted by Crippen LogP contribution is -2.31. The lowest BCUT2D eigenvalue weighted by Gasteiger charge is -2.10. The summed E-state index contributed by atoms with van der Waals surface area (Å²) < 4.78 is 5.38. The Hall–Kier alpha value is -2.15. The number of carbonyl (C=O) groups is 1. The Morgan fingerprint density at radius 2 is 2.37 bits per heavy atom. The van der Waals surface area contributed by atoms with Crippen LogP contribution in [0.2, 0.25) is 0 Å². The molecule has 7 nitrogen and oxygen atoms in total. The molecule has 3 N–H and O–H groups in total. The van der Waals surface area contributed by atoms with Crippen LogP contribution in [0.4, 0.5) is 11.4 Å². The number of nitrogens with two attached hydrogens (primary N) is 1. The van der Waals surface area contributed by atoms with E-state index >= 15 is 0 Å². The van der Waals surface area contributed by atoms with Gasteiger partial charge in [-0.1, -0.05) is 0 Å². The molecule has 0 spiro atoms. The molecule has 1 atom stereocenters. The molecule has 1 aromatic rings. The molecule has 1 aromatic carbocycles. The normalized spacial score (nSPS) is 18.2. The predicted molar refractivity (Wildman–Crippen MR) is 68.8 cm³/mol. The highest BCUT2D eigenvalue weighted by atomic mass is 16.6. The third kappa shape index (κ3) is 3.19. The molecule has 0 unspecified atom stereocenters. The summed E-state index contributed by atoms with van der Waals surface area (Å²) in [6, 6.07) is 4.01. The van der Waals surface area contributed by atoms with E-state index in [9.17, 15) is 14.9 Å². The molecule has 102 valence electrons. The van der Waals surface area contributed by atoms with Gasteiger partial charge in [0.05, 0.1) is 11.0 Å². The summed E-state index contributed by atoms with van der Waals surface area (Å²) in [5.41, 5.74) is 5.47. The van der Waals surface area contributed by atoms with Crippen LogP contribution in [0.25, 0.3) is 0 Å². The van der Waals surface area contributed by atoms with E-state index in [-0.39, 0.29) is 28.9 Å². The van der Waals surface area contributed by atoms with Gasteiger partial charge in [0.1, 0.15) is 5.69 Å². The van der Waals surface area contributed by atoms with Crippen molar-refractivity contribution in [3.8, 4) is 0 Å². The topological polar surface area (TPSA) is 107 Å². The maximum absolute atomic E-state index is 11.9. The molecule has 0 radical (unpaired) electrons. The van der Waals surface area contributed by atoms with Gasteiger partial charge in [0.15, 0.2) is 0 Å². The third-order valence-corrected chi connectivity index (χ3v) is 3.00. The number of benzene rings is 1. The van der Waals surface area contributed by atoms with Crippen molar-refractivity contribution in [2.45, 2.75) is 18.9 Å². The summed E-state index contributed by atoms with van der Waals surface area (Å²) in [5.74, 6) is -0.362. The molecule has 1 aliphatic rings. The Bertz CT molecular complexity index is 498. The average molecular weight is 265 g/mol. The number of nitro benzene ring substituents is 1. The fraction of sp³-hybridized carbons (Fsp3) is 0.417. The minimum Gasteiger partial charge on any atom is -0.393 e. The van der Waals surface area contributed by atoms with Gasteiger partial charge in [-0.25, -0.2) is 0 Å². The molecule has 19 heavy (non-hydrogen) atoms. The van der Waals surface area contributed by atoms with Gasteiger partial charge in [0, 0.05) is 24.8 Å². The quantitative estimate of drug-likeness (QED) is 0.481. The second-order valence-corrected chi connectivity index (χ2v) is 4.38. The maximum atomic E-state index is 11.9. The molecule has 0 aromatic heterocycles. The van der Waals surface area contributed by atoms with Crippen LogP contribution in [0.15, 0.2) is 18.2 Å². The van der Waals surface area contributed by atoms with E-state index in [0.717, 1.165) is 12.8 Å². The first-order chi connectivity index (χ1) is 9.08. The van der Waals surface area contributed by atoms with E-state index in [0.29, 0.717) is 13.2 Å². The minimum absolute atomic E-state index is 0.0349. The summed E-state index contributed by atoms with van der Waals surface area (Å²) in [5, 5.41) is 13.4. The van der Waals surface area contributed by atoms with Gasteiger partial charge < -0.3 is 15.8 Å². The van der Waals surface area contributed by atoms with E-state index in [1.54, 1.807) is 0 Å². The average Bonchev–Trinajstić information content (AvgIpc) is 2.89. The molecule has 1 saturated heterocycles. The number of amides is 1. The Balaban J connectivity index is 2.02. The van der Waals surface area contributed by atoms with E-state index in [4.69, 9.17) is 10.5 Å². The Labute approximate surface area is 109 Å². The van der Waals surface area contributed by atoms with Crippen molar-refractivity contribution >= 4 is 17.3 Å². The van der Waals surface area contributed by atoms with Crippen molar-refractivity contribution in [3.05, 3.63) is 33.9 Å². The van der Waals surface area contributed by atoms with Gasteiger partial charge in [-0.3, -0.25) is 14.9 Å². The SMILES string of the molecule is Nc1ccc(C(=O)NC[C@@H]2CCCO2)cc1[N+](=O)[O-]. The van der Waals surface area contributed by atoms with Crippen LogP contribution < -0.4 is 11.1 Å². The highest BCUT2D eigenvalue weighted by Gasteiger charge is 2.18. The third-order valence-electron chi connectivity index (χ3n) is 3.00. The van der Waals surface area contributed by atoms with E-state index in [2.05, 4.69) is 5.32 Å². The number of nitro groups is 1. The monoisotopic (exact) mass is 265 g/mol. The molecule has 0 saturated carbocycles. The molecule has 1 amide bonds. The minimum atomic E-state index is -0.605. The van der Waals surface area contributed by atoms with Crippen molar-refractivity contribution < 1.29 is 14.5 Å². The molecular weight excluding hydrogens is 250 g/mol. The van der Waals surface area contributed by atoms with Crippen LogP contribution in [0.5, 0.6) is 0 Å². The predicted octanol–water partition coefficient (Wildman–Crippen LogP) is 1.09. The number of rotatable bonds is 4. The zero-order valence-corrected chi connectivity index (χ0v) is 10.3. The van der Waals surface area contributed by atoms with Crippen molar-refractivity contribution in [1.82, 2.24) is 5.32 Å². The Morgan fingerprint density at radius 3 is 3.00 bits per heavy atom. The van der Waals surface area contributed by atoms with E-state index in [1.807, 2.05) is 0 Å². The fourth-order valence-electron chi connectivity index (χ4n) is 1.96. The fourth-order valence-corrected chi connectivity index (χ4v) is 1.96. The highest BCUT2D eigenvalue weighted by molar-refractivity contribution is 5.95. The zero-order valence-electron chi connectivity index (χ0n) is 10.3. The van der Waals surface area contributed by atoms with E-state index in [1.165, 1.54) is 18.2 Å². The molecule has 0 aliphatic carbocycles. The second-order valence-electron chi connectivity index (χ2n) is 4.38. The van der Waals surface area contributed by atoms with E-state index < -0.39 is 4.92 Å². The van der Waals surface area contributed by atoms with Gasteiger partial charge in [-0.15, -0.1) is 0 Å². The molecule has 7 heteroatoms. The van der Waals surface area contributed by atoms with Crippen molar-refractivity contribution in [2.24, 2.45) is 0 Å². The summed E-state index contributed by atoms with van der Waals surface area (Å²) in [4.78, 5) is 22.0. The first kappa shape index (κ1) is 13.3. The first-order valence-electron chi connectivity index (χ1n) is 6.01. The molecule has 0 bridgehead atoms. The van der Waals surface area contributed by atoms with Crippen LogP contribution in [0.1, 0.15) is 23.2 Å². The molecule has 2 rings (SSSR count). The number of hydrogen-bond acceptors (Lipinski definition) is 5. The smallest absolute Gasteiger partial charge is 0.292 e. The summed E-state index contributed by atoms with van der Waals surface area (Å²) in [7, 11) is 0. The van der Waals surface area contributed by atoms with Crippen LogP contribution in [-0.2, 0) is 4.74 Å². The summed E-state index contributed by atoms with van der Waals surface area (Å²) in [6.07, 6.45) is 1.95.